The van der Waals surface area contributed by atoms with E-state index in [1.54, 1.807) is 0 Å². The summed E-state index contributed by atoms with van der Waals surface area (Å²) in [4.78, 5) is 22.1. The van der Waals surface area contributed by atoms with Crippen LogP contribution in [0.15, 0.2) is 23.9 Å². The Morgan fingerprint density at radius 2 is 1.80 bits per heavy atom. The van der Waals surface area contributed by atoms with Gasteiger partial charge in [0.05, 0.1) is 7.11 Å². The van der Waals surface area contributed by atoms with Gasteiger partial charge >= 0.3 is 5.97 Å². The number of hydrogen-bond acceptors (Lipinski definition) is 3. The number of allylic oxidation sites excluding steroid dienone is 1. The zero-order valence-corrected chi connectivity index (χ0v) is 10.8. The van der Waals surface area contributed by atoms with E-state index in [0.29, 0.717) is 12.1 Å². The van der Waals surface area contributed by atoms with Crippen LogP contribution in [-0.2, 0) is 20.7 Å². The number of carbonyl (C=O) groups is 2. The van der Waals surface area contributed by atoms with Gasteiger partial charge in [0.1, 0.15) is 5.82 Å². The van der Waals surface area contributed by atoms with Gasteiger partial charge in [-0.25, -0.2) is 18.0 Å². The lowest BCUT2D eigenvalue weighted by molar-refractivity contribution is -0.134. The predicted molar refractivity (Wildman–Crippen MR) is 63.9 cm³/mol. The molecule has 0 bridgehead atoms. The second-order valence-corrected chi connectivity index (χ2v) is 3.91. The molecule has 4 nitrogen and oxygen atoms in total. The number of hydrogen-bond donors (Lipinski definition) is 1. The SMILES string of the molecule is COC(=O)/C=C(\Cc1cc(F)c(F)cc1F)NC(C)=O. The van der Waals surface area contributed by atoms with Gasteiger partial charge in [-0.3, -0.25) is 4.79 Å². The first kappa shape index (κ1) is 15.7. The fourth-order valence-corrected chi connectivity index (χ4v) is 1.46. The first-order chi connectivity index (χ1) is 9.33. The van der Waals surface area contributed by atoms with Crippen LogP contribution in [0.2, 0.25) is 0 Å². The number of carbonyl (C=O) groups excluding carboxylic acids is 2. The lowest BCUT2D eigenvalue weighted by Crippen LogP contribution is -2.22. The Hall–Kier alpha value is -2.31. The summed E-state index contributed by atoms with van der Waals surface area (Å²) >= 11 is 0. The number of esters is 1. The van der Waals surface area contributed by atoms with Crippen LogP contribution >= 0.6 is 0 Å². The average molecular weight is 287 g/mol. The van der Waals surface area contributed by atoms with Crippen LogP contribution in [0.5, 0.6) is 0 Å². The molecule has 1 aromatic carbocycles. The molecule has 0 saturated carbocycles. The van der Waals surface area contributed by atoms with E-state index in [9.17, 15) is 22.8 Å². The zero-order valence-electron chi connectivity index (χ0n) is 10.8. The number of halogens is 3. The Morgan fingerprint density at radius 1 is 1.20 bits per heavy atom. The second kappa shape index (κ2) is 6.74. The number of nitrogens with one attached hydrogen (secondary N) is 1. The molecule has 0 aliphatic heterocycles. The Balaban J connectivity index is 3.06. The number of ether oxygens (including phenoxy) is 1. The molecule has 0 aromatic heterocycles. The van der Waals surface area contributed by atoms with Crippen LogP contribution in [0, 0.1) is 17.5 Å². The molecule has 1 rings (SSSR count). The number of amides is 1. The molecule has 1 amide bonds. The van der Waals surface area contributed by atoms with Crippen molar-refractivity contribution < 1.29 is 27.5 Å². The molecule has 0 aliphatic rings. The molecule has 20 heavy (non-hydrogen) atoms. The topological polar surface area (TPSA) is 55.4 Å². The van der Waals surface area contributed by atoms with Crippen molar-refractivity contribution in [2.45, 2.75) is 13.3 Å². The molecule has 0 spiro atoms. The molecule has 0 heterocycles. The van der Waals surface area contributed by atoms with E-state index < -0.39 is 29.3 Å². The minimum atomic E-state index is -1.32. The lowest BCUT2D eigenvalue weighted by Gasteiger charge is -2.09. The van der Waals surface area contributed by atoms with E-state index in [0.717, 1.165) is 13.2 Å². The standard InChI is InChI=1S/C13H12F3NO3/c1-7(18)17-9(5-13(19)20-2)3-8-4-11(15)12(16)6-10(8)14/h4-6H,3H2,1-2H3,(H,17,18)/b9-5+. The molecule has 108 valence electrons. The highest BCUT2D eigenvalue weighted by Crippen LogP contribution is 2.16. The molecular formula is C13H12F3NO3. The van der Waals surface area contributed by atoms with Crippen molar-refractivity contribution >= 4 is 11.9 Å². The molecule has 1 aromatic rings. The van der Waals surface area contributed by atoms with Crippen LogP contribution in [0.4, 0.5) is 13.2 Å². The van der Waals surface area contributed by atoms with Gasteiger partial charge in [-0.15, -0.1) is 0 Å². The number of benzene rings is 1. The number of rotatable bonds is 4. The van der Waals surface area contributed by atoms with E-state index in [1.165, 1.54) is 6.92 Å². The van der Waals surface area contributed by atoms with Crippen LogP contribution in [0.25, 0.3) is 0 Å². The molecule has 0 saturated heterocycles. The summed E-state index contributed by atoms with van der Waals surface area (Å²) in [7, 11) is 1.13. The third kappa shape index (κ3) is 4.42. The van der Waals surface area contributed by atoms with Gasteiger partial charge in [0, 0.05) is 31.2 Å². The molecule has 1 N–H and O–H groups in total. The van der Waals surface area contributed by atoms with E-state index in [4.69, 9.17) is 0 Å². The highest BCUT2D eigenvalue weighted by Gasteiger charge is 2.13. The summed E-state index contributed by atoms with van der Waals surface area (Å²) in [6, 6.07) is 1.06. The van der Waals surface area contributed by atoms with Gasteiger partial charge in [0.25, 0.3) is 0 Å². The van der Waals surface area contributed by atoms with Crippen molar-refractivity contribution in [2.75, 3.05) is 7.11 Å². The van der Waals surface area contributed by atoms with Crippen LogP contribution in [0.3, 0.4) is 0 Å². The van der Waals surface area contributed by atoms with Crippen molar-refractivity contribution in [1.82, 2.24) is 5.32 Å². The summed E-state index contributed by atoms with van der Waals surface area (Å²) in [5.74, 6) is -4.78. The molecule has 0 radical (unpaired) electrons. The summed E-state index contributed by atoms with van der Waals surface area (Å²) in [5, 5.41) is 2.29. The van der Waals surface area contributed by atoms with Crippen LogP contribution in [-0.4, -0.2) is 19.0 Å². The largest absolute Gasteiger partial charge is 0.466 e. The van der Waals surface area contributed by atoms with Crippen LogP contribution < -0.4 is 5.32 Å². The Morgan fingerprint density at radius 3 is 2.35 bits per heavy atom. The van der Waals surface area contributed by atoms with E-state index in [1.807, 2.05) is 0 Å². The normalized spacial score (nSPS) is 11.2. The fourth-order valence-electron chi connectivity index (χ4n) is 1.46. The summed E-state index contributed by atoms with van der Waals surface area (Å²) in [6.07, 6.45) is 0.639. The summed E-state index contributed by atoms with van der Waals surface area (Å²) < 4.78 is 43.7. The van der Waals surface area contributed by atoms with Crippen molar-refractivity contribution in [3.63, 3.8) is 0 Å². The molecule has 0 aliphatic carbocycles. The maximum absolute atomic E-state index is 13.5. The number of methoxy groups -OCH3 is 1. The van der Waals surface area contributed by atoms with Gasteiger partial charge in [-0.2, -0.15) is 0 Å². The van der Waals surface area contributed by atoms with Crippen molar-refractivity contribution in [3.05, 3.63) is 46.9 Å². The monoisotopic (exact) mass is 287 g/mol. The minimum absolute atomic E-state index is 0.00857. The molecular weight excluding hydrogens is 275 g/mol. The van der Waals surface area contributed by atoms with Gasteiger partial charge < -0.3 is 10.1 Å². The zero-order chi connectivity index (χ0) is 15.3. The summed E-state index contributed by atoms with van der Waals surface area (Å²) in [6.45, 7) is 1.19. The lowest BCUT2D eigenvalue weighted by atomic mass is 10.1. The van der Waals surface area contributed by atoms with E-state index in [2.05, 4.69) is 10.1 Å². The van der Waals surface area contributed by atoms with Crippen molar-refractivity contribution in [1.29, 1.82) is 0 Å². The van der Waals surface area contributed by atoms with E-state index >= 15 is 0 Å². The van der Waals surface area contributed by atoms with Crippen LogP contribution in [0.1, 0.15) is 12.5 Å². The van der Waals surface area contributed by atoms with Gasteiger partial charge in [-0.1, -0.05) is 0 Å². The van der Waals surface area contributed by atoms with Gasteiger partial charge in [0.15, 0.2) is 11.6 Å². The van der Waals surface area contributed by atoms with E-state index in [-0.39, 0.29) is 17.7 Å². The third-order valence-electron chi connectivity index (χ3n) is 2.30. The molecule has 0 fully saturated rings. The predicted octanol–water partition coefficient (Wildman–Crippen LogP) is 1.84. The quantitative estimate of drug-likeness (QED) is 0.522. The Labute approximate surface area is 113 Å². The fraction of sp³-hybridized carbons (Fsp3) is 0.231. The van der Waals surface area contributed by atoms with Gasteiger partial charge in [-0.05, 0) is 11.6 Å². The summed E-state index contributed by atoms with van der Waals surface area (Å²) in [5.41, 5.74) is -0.193. The molecule has 0 unspecified atom stereocenters. The first-order valence-electron chi connectivity index (χ1n) is 5.53. The smallest absolute Gasteiger partial charge is 0.332 e. The third-order valence-corrected chi connectivity index (χ3v) is 2.30. The average Bonchev–Trinajstić information content (AvgIpc) is 2.34. The highest BCUT2D eigenvalue weighted by molar-refractivity contribution is 5.84. The van der Waals surface area contributed by atoms with Crippen molar-refractivity contribution in [3.8, 4) is 0 Å². The Kier molecular flexibility index (Phi) is 5.31. The highest BCUT2D eigenvalue weighted by atomic mass is 19.2. The van der Waals surface area contributed by atoms with Crippen molar-refractivity contribution in [2.24, 2.45) is 0 Å². The first-order valence-corrected chi connectivity index (χ1v) is 5.53. The van der Waals surface area contributed by atoms with Gasteiger partial charge in [0.2, 0.25) is 5.91 Å². The second-order valence-electron chi connectivity index (χ2n) is 3.91. The maximum atomic E-state index is 13.5. The molecule has 7 heteroatoms. The Bertz CT molecular complexity index is 570. The minimum Gasteiger partial charge on any atom is -0.466 e. The molecule has 0 atom stereocenters. The maximum Gasteiger partial charge on any atom is 0.332 e.